The molecule has 0 heterocycles. The summed E-state index contributed by atoms with van der Waals surface area (Å²) in [4.78, 5) is 34.9. The van der Waals surface area contributed by atoms with Gasteiger partial charge < -0.3 is 20.1 Å². The van der Waals surface area contributed by atoms with Crippen molar-refractivity contribution in [1.82, 2.24) is 0 Å². The van der Waals surface area contributed by atoms with Crippen LogP contribution in [-0.2, 0) is 32.7 Å². The standard InChI is InChI=1S/C45H86NO8P/c1-3-5-7-9-11-13-15-17-19-21-23-25-27-29-31-33-35-37-44(47)51-41-43(42-53-55(49,50)52-40-39-46)54-45(48)38-36-34-32-30-28-26-24-22-20-18-16-14-12-10-8-6-4-2/h12,14,18,20,43H,3-11,13,15-17,19,21-42,46H2,1-2H3,(H,49,50)/t43-/m1/s1. The van der Waals surface area contributed by atoms with Gasteiger partial charge in [0.2, 0.25) is 0 Å². The van der Waals surface area contributed by atoms with E-state index in [1.807, 2.05) is 0 Å². The molecule has 0 fully saturated rings. The summed E-state index contributed by atoms with van der Waals surface area (Å²) in [5, 5.41) is 0. The third-order valence-electron chi connectivity index (χ3n) is 9.84. The molecule has 0 aromatic heterocycles. The summed E-state index contributed by atoms with van der Waals surface area (Å²) in [5.41, 5.74) is 5.35. The van der Waals surface area contributed by atoms with E-state index in [4.69, 9.17) is 24.3 Å². The summed E-state index contributed by atoms with van der Waals surface area (Å²) in [7, 11) is -4.38. The van der Waals surface area contributed by atoms with E-state index in [1.165, 1.54) is 135 Å². The van der Waals surface area contributed by atoms with E-state index >= 15 is 0 Å². The second kappa shape index (κ2) is 42.1. The van der Waals surface area contributed by atoms with Gasteiger partial charge in [0.05, 0.1) is 13.2 Å². The number of rotatable bonds is 43. The Morgan fingerprint density at radius 3 is 1.42 bits per heavy atom. The molecule has 0 spiro atoms. The van der Waals surface area contributed by atoms with Crippen molar-refractivity contribution in [2.45, 2.75) is 225 Å². The number of phosphoric acid groups is 1. The number of hydrogen-bond donors (Lipinski definition) is 2. The van der Waals surface area contributed by atoms with Crippen LogP contribution in [0.3, 0.4) is 0 Å². The predicted octanol–water partition coefficient (Wildman–Crippen LogP) is 13.2. The molecule has 0 aliphatic carbocycles. The van der Waals surface area contributed by atoms with Crippen LogP contribution >= 0.6 is 7.82 Å². The minimum Gasteiger partial charge on any atom is -0.462 e. The van der Waals surface area contributed by atoms with Gasteiger partial charge in [-0.15, -0.1) is 0 Å². The SMILES string of the molecule is CCCCCC=CCC=CCCCCCCCCCC(=O)O[C@H](COC(=O)CCCCCCCCCCCCCCCCCCC)COP(=O)(O)OCCN. The number of ether oxygens (including phenoxy) is 2. The molecular formula is C45H86NO8P. The average Bonchev–Trinajstić information content (AvgIpc) is 3.17. The van der Waals surface area contributed by atoms with Crippen LogP contribution in [0.4, 0.5) is 0 Å². The van der Waals surface area contributed by atoms with Gasteiger partial charge in [0.25, 0.3) is 0 Å². The lowest BCUT2D eigenvalue weighted by Gasteiger charge is -2.19. The molecular weight excluding hydrogens is 713 g/mol. The van der Waals surface area contributed by atoms with Crippen molar-refractivity contribution in [3.8, 4) is 0 Å². The minimum atomic E-state index is -4.38. The van der Waals surface area contributed by atoms with Crippen molar-refractivity contribution in [2.75, 3.05) is 26.4 Å². The highest BCUT2D eigenvalue weighted by molar-refractivity contribution is 7.47. The highest BCUT2D eigenvalue weighted by atomic mass is 31.2. The lowest BCUT2D eigenvalue weighted by atomic mass is 10.0. The molecule has 0 aromatic rings. The maximum absolute atomic E-state index is 12.6. The molecule has 10 heteroatoms. The van der Waals surface area contributed by atoms with Gasteiger partial charge in [-0.05, 0) is 44.9 Å². The third-order valence-corrected chi connectivity index (χ3v) is 10.8. The van der Waals surface area contributed by atoms with Gasteiger partial charge in [0.1, 0.15) is 6.61 Å². The molecule has 0 rings (SSSR count). The Bertz CT molecular complexity index is 959. The number of nitrogens with two attached hydrogens (primary N) is 1. The van der Waals surface area contributed by atoms with E-state index in [9.17, 15) is 19.0 Å². The Kier molecular flexibility index (Phi) is 40.9. The highest BCUT2D eigenvalue weighted by Crippen LogP contribution is 2.43. The van der Waals surface area contributed by atoms with Crippen LogP contribution in [-0.4, -0.2) is 49.3 Å². The molecule has 0 bridgehead atoms. The van der Waals surface area contributed by atoms with Gasteiger partial charge in [-0.25, -0.2) is 4.57 Å². The van der Waals surface area contributed by atoms with Crippen LogP contribution in [0.5, 0.6) is 0 Å². The molecule has 0 aliphatic rings. The molecule has 1 unspecified atom stereocenters. The first-order valence-corrected chi connectivity index (χ1v) is 24.3. The maximum Gasteiger partial charge on any atom is 0.472 e. The summed E-state index contributed by atoms with van der Waals surface area (Å²) in [6.07, 6.45) is 44.9. The molecule has 55 heavy (non-hydrogen) atoms. The Morgan fingerprint density at radius 2 is 0.945 bits per heavy atom. The van der Waals surface area contributed by atoms with E-state index < -0.39 is 26.5 Å². The second-order valence-electron chi connectivity index (χ2n) is 15.3. The Balaban J connectivity index is 4.11. The molecule has 3 N–H and O–H groups in total. The fourth-order valence-electron chi connectivity index (χ4n) is 6.43. The molecule has 0 saturated heterocycles. The van der Waals surface area contributed by atoms with Crippen LogP contribution in [0.2, 0.25) is 0 Å². The molecule has 0 aromatic carbocycles. The van der Waals surface area contributed by atoms with Gasteiger partial charge in [-0.2, -0.15) is 0 Å². The number of phosphoric ester groups is 1. The third kappa shape index (κ3) is 41.9. The molecule has 324 valence electrons. The predicted molar refractivity (Wildman–Crippen MR) is 229 cm³/mol. The first-order valence-electron chi connectivity index (χ1n) is 22.8. The van der Waals surface area contributed by atoms with E-state index in [0.717, 1.165) is 51.4 Å². The lowest BCUT2D eigenvalue weighted by Crippen LogP contribution is -2.29. The van der Waals surface area contributed by atoms with Gasteiger partial charge in [0, 0.05) is 19.4 Å². The van der Waals surface area contributed by atoms with Crippen LogP contribution in [0.15, 0.2) is 24.3 Å². The van der Waals surface area contributed by atoms with Crippen molar-refractivity contribution in [3.05, 3.63) is 24.3 Å². The van der Waals surface area contributed by atoms with Crippen LogP contribution < -0.4 is 5.73 Å². The minimum absolute atomic E-state index is 0.0536. The monoisotopic (exact) mass is 800 g/mol. The van der Waals surface area contributed by atoms with E-state index in [2.05, 4.69) is 38.2 Å². The summed E-state index contributed by atoms with van der Waals surface area (Å²) < 4.78 is 32.8. The van der Waals surface area contributed by atoms with Crippen molar-refractivity contribution in [1.29, 1.82) is 0 Å². The number of allylic oxidation sites excluding steroid dienone is 4. The quantitative estimate of drug-likeness (QED) is 0.0267. The number of carbonyl (C=O) groups is 2. The number of esters is 2. The lowest BCUT2D eigenvalue weighted by molar-refractivity contribution is -0.161. The van der Waals surface area contributed by atoms with Gasteiger partial charge in [-0.3, -0.25) is 18.6 Å². The number of unbranched alkanes of at least 4 members (excludes halogenated alkanes) is 26. The Labute approximate surface area is 338 Å². The van der Waals surface area contributed by atoms with Crippen molar-refractivity contribution < 1.29 is 37.6 Å². The summed E-state index contributed by atoms with van der Waals surface area (Å²) in [6, 6.07) is 0. The van der Waals surface area contributed by atoms with Crippen molar-refractivity contribution in [2.24, 2.45) is 5.73 Å². The van der Waals surface area contributed by atoms with E-state index in [1.54, 1.807) is 0 Å². The molecule has 2 atom stereocenters. The Morgan fingerprint density at radius 1 is 0.545 bits per heavy atom. The van der Waals surface area contributed by atoms with Gasteiger partial charge in [-0.1, -0.05) is 186 Å². The topological polar surface area (TPSA) is 134 Å². The van der Waals surface area contributed by atoms with Crippen LogP contribution in [0, 0.1) is 0 Å². The molecule has 0 radical (unpaired) electrons. The van der Waals surface area contributed by atoms with Crippen molar-refractivity contribution in [3.63, 3.8) is 0 Å². The maximum atomic E-state index is 12.6. The fraction of sp³-hybridized carbons (Fsp3) is 0.867. The normalized spacial score (nSPS) is 13.5. The summed E-state index contributed by atoms with van der Waals surface area (Å²) in [6.45, 7) is 3.73. The molecule has 0 amide bonds. The Hall–Kier alpha value is -1.51. The molecule has 0 saturated carbocycles. The zero-order valence-electron chi connectivity index (χ0n) is 35.7. The molecule has 9 nitrogen and oxygen atoms in total. The zero-order valence-corrected chi connectivity index (χ0v) is 36.6. The first-order chi connectivity index (χ1) is 26.8. The number of hydrogen-bond acceptors (Lipinski definition) is 8. The summed E-state index contributed by atoms with van der Waals surface area (Å²) >= 11 is 0. The molecule has 0 aliphatic heterocycles. The van der Waals surface area contributed by atoms with Gasteiger partial charge >= 0.3 is 19.8 Å². The van der Waals surface area contributed by atoms with Crippen LogP contribution in [0.1, 0.15) is 219 Å². The van der Waals surface area contributed by atoms with Crippen LogP contribution in [0.25, 0.3) is 0 Å². The smallest absolute Gasteiger partial charge is 0.462 e. The largest absolute Gasteiger partial charge is 0.472 e. The fourth-order valence-corrected chi connectivity index (χ4v) is 7.20. The van der Waals surface area contributed by atoms with Crippen molar-refractivity contribution >= 4 is 19.8 Å². The zero-order chi connectivity index (χ0) is 40.3. The first kappa shape index (κ1) is 53.5. The average molecular weight is 800 g/mol. The van der Waals surface area contributed by atoms with Gasteiger partial charge in [0.15, 0.2) is 6.10 Å². The highest BCUT2D eigenvalue weighted by Gasteiger charge is 2.26. The van der Waals surface area contributed by atoms with E-state index in [-0.39, 0.29) is 38.6 Å². The second-order valence-corrected chi connectivity index (χ2v) is 16.7. The summed E-state index contributed by atoms with van der Waals surface area (Å²) in [5.74, 6) is -0.828. The number of carbonyl (C=O) groups excluding carboxylic acids is 2. The van der Waals surface area contributed by atoms with E-state index in [0.29, 0.717) is 6.42 Å².